The summed E-state index contributed by atoms with van der Waals surface area (Å²) in [6.07, 6.45) is 4.02. The minimum Gasteiger partial charge on any atom is -0.409 e. The second kappa shape index (κ2) is 6.32. The van der Waals surface area contributed by atoms with Crippen LogP contribution in [0.1, 0.15) is 13.3 Å². The number of rotatable bonds is 5. The Hall–Kier alpha value is -1.30. The molecule has 0 aliphatic heterocycles. The molecular weight excluding hydrogens is 272 g/mol. The fourth-order valence-corrected chi connectivity index (χ4v) is 1.87. The highest BCUT2D eigenvalue weighted by molar-refractivity contribution is 9.10. The lowest BCUT2D eigenvalue weighted by Crippen LogP contribution is -2.28. The first kappa shape index (κ1) is 12.8. The van der Waals surface area contributed by atoms with Gasteiger partial charge < -0.3 is 15.8 Å². The zero-order valence-corrected chi connectivity index (χ0v) is 10.7. The maximum Gasteiger partial charge on any atom is 0.140 e. The van der Waals surface area contributed by atoms with Crippen LogP contribution in [0.5, 0.6) is 0 Å². The first-order chi connectivity index (χ1) is 7.69. The van der Waals surface area contributed by atoms with Crippen LogP contribution in [0.15, 0.2) is 28.1 Å². The van der Waals surface area contributed by atoms with E-state index in [1.165, 1.54) is 0 Å². The maximum absolute atomic E-state index is 8.47. The van der Waals surface area contributed by atoms with Crippen molar-refractivity contribution in [3.63, 3.8) is 0 Å². The first-order valence-corrected chi connectivity index (χ1v) is 5.79. The molecule has 0 aliphatic carbocycles. The van der Waals surface area contributed by atoms with Crippen LogP contribution in [-0.2, 0) is 0 Å². The van der Waals surface area contributed by atoms with Crippen LogP contribution in [0.3, 0.4) is 0 Å². The van der Waals surface area contributed by atoms with E-state index in [0.717, 1.165) is 16.7 Å². The number of pyridine rings is 1. The summed E-state index contributed by atoms with van der Waals surface area (Å²) in [4.78, 5) is 6.14. The van der Waals surface area contributed by atoms with Crippen molar-refractivity contribution in [2.75, 3.05) is 18.0 Å². The van der Waals surface area contributed by atoms with Crippen LogP contribution in [0, 0.1) is 0 Å². The lowest BCUT2D eigenvalue weighted by atomic mass is 10.3. The molecule has 1 rings (SSSR count). The van der Waals surface area contributed by atoms with E-state index in [1.807, 2.05) is 6.07 Å². The Balaban J connectivity index is 2.71. The van der Waals surface area contributed by atoms with Crippen LogP contribution >= 0.6 is 15.9 Å². The number of nitrogens with zero attached hydrogens (tertiary/aromatic N) is 3. The molecule has 0 spiro atoms. The van der Waals surface area contributed by atoms with E-state index in [1.54, 1.807) is 12.4 Å². The third kappa shape index (κ3) is 3.37. The highest BCUT2D eigenvalue weighted by Crippen LogP contribution is 2.24. The Kier molecular flexibility index (Phi) is 5.04. The van der Waals surface area contributed by atoms with Crippen molar-refractivity contribution in [3.05, 3.63) is 22.9 Å². The highest BCUT2D eigenvalue weighted by atomic mass is 79.9. The van der Waals surface area contributed by atoms with Crippen molar-refractivity contribution in [2.45, 2.75) is 13.3 Å². The van der Waals surface area contributed by atoms with Gasteiger partial charge in [-0.1, -0.05) is 5.16 Å². The Morgan fingerprint density at radius 2 is 2.44 bits per heavy atom. The van der Waals surface area contributed by atoms with E-state index in [2.05, 4.69) is 37.9 Å². The molecule has 0 fully saturated rings. The maximum atomic E-state index is 8.47. The van der Waals surface area contributed by atoms with Crippen LogP contribution in [0.2, 0.25) is 0 Å². The van der Waals surface area contributed by atoms with E-state index in [9.17, 15) is 0 Å². The average molecular weight is 287 g/mol. The largest absolute Gasteiger partial charge is 0.409 e. The highest BCUT2D eigenvalue weighted by Gasteiger charge is 2.08. The van der Waals surface area contributed by atoms with E-state index < -0.39 is 0 Å². The van der Waals surface area contributed by atoms with Gasteiger partial charge in [0.1, 0.15) is 5.84 Å². The Morgan fingerprint density at radius 3 is 3.00 bits per heavy atom. The van der Waals surface area contributed by atoms with Crippen molar-refractivity contribution in [1.29, 1.82) is 0 Å². The molecule has 16 heavy (non-hydrogen) atoms. The van der Waals surface area contributed by atoms with Gasteiger partial charge in [0.2, 0.25) is 0 Å². The Bertz CT molecular complexity index is 370. The van der Waals surface area contributed by atoms with Crippen molar-refractivity contribution in [1.82, 2.24) is 4.98 Å². The lowest BCUT2D eigenvalue weighted by Gasteiger charge is -2.23. The molecule has 5 nitrogen and oxygen atoms in total. The monoisotopic (exact) mass is 286 g/mol. The molecule has 1 aromatic heterocycles. The predicted octanol–water partition coefficient (Wildman–Crippen LogP) is 1.81. The van der Waals surface area contributed by atoms with Gasteiger partial charge >= 0.3 is 0 Å². The van der Waals surface area contributed by atoms with Crippen LogP contribution < -0.4 is 10.6 Å². The summed E-state index contributed by atoms with van der Waals surface area (Å²) >= 11 is 3.45. The van der Waals surface area contributed by atoms with Gasteiger partial charge in [-0.15, -0.1) is 0 Å². The number of oxime groups is 1. The fourth-order valence-electron chi connectivity index (χ4n) is 1.37. The minimum atomic E-state index is 0.239. The number of anilines is 1. The predicted molar refractivity (Wildman–Crippen MR) is 67.8 cm³/mol. The van der Waals surface area contributed by atoms with E-state index in [-0.39, 0.29) is 5.84 Å². The topological polar surface area (TPSA) is 74.7 Å². The van der Waals surface area contributed by atoms with Gasteiger partial charge in [0, 0.05) is 31.9 Å². The number of hydrogen-bond donors (Lipinski definition) is 2. The summed E-state index contributed by atoms with van der Waals surface area (Å²) in [5, 5.41) is 11.4. The molecule has 1 heterocycles. The lowest BCUT2D eigenvalue weighted by molar-refractivity contribution is 0.317. The summed E-state index contributed by atoms with van der Waals surface area (Å²) in [6.45, 7) is 3.61. The summed E-state index contributed by atoms with van der Waals surface area (Å²) < 4.78 is 0.941. The van der Waals surface area contributed by atoms with Crippen LogP contribution in [-0.4, -0.2) is 29.1 Å². The van der Waals surface area contributed by atoms with E-state index in [4.69, 9.17) is 10.9 Å². The fraction of sp³-hybridized carbons (Fsp3) is 0.400. The zero-order chi connectivity index (χ0) is 12.0. The SMILES string of the molecule is CCN(CC/C(N)=N/O)c1ccncc1Br. The molecular formula is C10H15BrN4O. The molecule has 0 atom stereocenters. The summed E-state index contributed by atoms with van der Waals surface area (Å²) in [6, 6.07) is 1.93. The first-order valence-electron chi connectivity index (χ1n) is 5.00. The molecule has 0 bridgehead atoms. The molecule has 3 N–H and O–H groups in total. The molecule has 0 saturated carbocycles. The van der Waals surface area contributed by atoms with E-state index >= 15 is 0 Å². The number of aromatic nitrogens is 1. The molecule has 0 unspecified atom stereocenters. The van der Waals surface area contributed by atoms with Gasteiger partial charge in [0.25, 0.3) is 0 Å². The molecule has 0 saturated heterocycles. The minimum absolute atomic E-state index is 0.239. The Morgan fingerprint density at radius 1 is 1.69 bits per heavy atom. The third-order valence-electron chi connectivity index (χ3n) is 2.24. The average Bonchev–Trinajstić information content (AvgIpc) is 2.31. The van der Waals surface area contributed by atoms with Crippen molar-refractivity contribution >= 4 is 27.5 Å². The molecule has 6 heteroatoms. The molecule has 0 aliphatic rings. The Labute approximate surface area is 103 Å². The van der Waals surface area contributed by atoms with Gasteiger partial charge in [-0.05, 0) is 28.9 Å². The molecule has 88 valence electrons. The van der Waals surface area contributed by atoms with Gasteiger partial charge in [0.05, 0.1) is 10.2 Å². The molecule has 0 radical (unpaired) electrons. The third-order valence-corrected chi connectivity index (χ3v) is 2.85. The van der Waals surface area contributed by atoms with Gasteiger partial charge in [0.15, 0.2) is 0 Å². The molecule has 0 aromatic carbocycles. The number of hydrogen-bond acceptors (Lipinski definition) is 4. The van der Waals surface area contributed by atoms with Gasteiger partial charge in [-0.3, -0.25) is 4.98 Å². The van der Waals surface area contributed by atoms with Crippen molar-refractivity contribution < 1.29 is 5.21 Å². The number of nitrogens with two attached hydrogens (primary N) is 1. The van der Waals surface area contributed by atoms with Crippen LogP contribution in [0.25, 0.3) is 0 Å². The van der Waals surface area contributed by atoms with Gasteiger partial charge in [-0.25, -0.2) is 0 Å². The second-order valence-electron chi connectivity index (χ2n) is 3.25. The summed E-state index contributed by atoms with van der Waals surface area (Å²) in [7, 11) is 0. The number of amidine groups is 1. The van der Waals surface area contributed by atoms with Crippen molar-refractivity contribution in [3.8, 4) is 0 Å². The van der Waals surface area contributed by atoms with Crippen molar-refractivity contribution in [2.24, 2.45) is 10.9 Å². The normalized spacial score (nSPS) is 11.5. The van der Waals surface area contributed by atoms with Crippen LogP contribution in [0.4, 0.5) is 5.69 Å². The second-order valence-corrected chi connectivity index (χ2v) is 4.10. The molecule has 0 amide bonds. The standard InChI is InChI=1S/C10H15BrN4O/c1-2-15(6-4-10(12)14-16)9-3-5-13-7-8(9)11/h3,5,7,16H,2,4,6H2,1H3,(H2,12,14). The quantitative estimate of drug-likeness (QED) is 0.375. The summed E-state index contributed by atoms with van der Waals surface area (Å²) in [5.74, 6) is 0.239. The molecule has 1 aromatic rings. The summed E-state index contributed by atoms with van der Waals surface area (Å²) in [5.41, 5.74) is 6.50. The van der Waals surface area contributed by atoms with Gasteiger partial charge in [-0.2, -0.15) is 0 Å². The van der Waals surface area contributed by atoms with E-state index in [0.29, 0.717) is 13.0 Å². The number of halogens is 1. The smallest absolute Gasteiger partial charge is 0.140 e. The zero-order valence-electron chi connectivity index (χ0n) is 9.10.